The Hall–Kier alpha value is -2.55. The van der Waals surface area contributed by atoms with Crippen LogP contribution in [0.1, 0.15) is 50.3 Å². The number of anilines is 2. The maximum Gasteiger partial charge on any atom is 0.407 e. The Morgan fingerprint density at radius 2 is 2.14 bits per heavy atom. The quantitative estimate of drug-likeness (QED) is 0.687. The van der Waals surface area contributed by atoms with E-state index >= 15 is 0 Å². The van der Waals surface area contributed by atoms with E-state index in [4.69, 9.17) is 4.74 Å². The lowest BCUT2D eigenvalue weighted by atomic mass is 10.0. The standard InChI is InChI=1S/C20H26N4O4S/c1-12(2)21-20(25)28-15-7-6-14(10-15)17-11-18(24-23-17)22-16-5-3-4-13-8-9-29(26,27)19(13)16/h3-5,11-12,14-15H,6-10H2,1-2H3,(H,21,25)(H2,22,23,24)/t14-,15?/m0/s1. The lowest BCUT2D eigenvalue weighted by Crippen LogP contribution is -2.33. The number of amides is 1. The first-order chi connectivity index (χ1) is 13.8. The number of hydrogen-bond donors (Lipinski definition) is 3. The predicted octanol–water partition coefficient (Wildman–Crippen LogP) is 3.25. The number of sulfone groups is 1. The largest absolute Gasteiger partial charge is 0.446 e. The first kappa shape index (κ1) is 19.8. The maximum absolute atomic E-state index is 12.4. The zero-order chi connectivity index (χ0) is 20.6. The Labute approximate surface area is 170 Å². The smallest absolute Gasteiger partial charge is 0.407 e. The van der Waals surface area contributed by atoms with Crippen molar-refractivity contribution in [3.8, 4) is 0 Å². The van der Waals surface area contributed by atoms with Gasteiger partial charge in [0, 0.05) is 23.7 Å². The first-order valence-corrected chi connectivity index (χ1v) is 11.6. The minimum Gasteiger partial charge on any atom is -0.446 e. The van der Waals surface area contributed by atoms with E-state index in [1.54, 1.807) is 6.07 Å². The van der Waals surface area contributed by atoms with Gasteiger partial charge < -0.3 is 15.4 Å². The summed E-state index contributed by atoms with van der Waals surface area (Å²) in [5.74, 6) is 0.957. The molecule has 2 aromatic rings. The van der Waals surface area contributed by atoms with Gasteiger partial charge >= 0.3 is 6.09 Å². The summed E-state index contributed by atoms with van der Waals surface area (Å²) in [7, 11) is -3.25. The molecular weight excluding hydrogens is 392 g/mol. The van der Waals surface area contributed by atoms with Crippen LogP contribution in [0.2, 0.25) is 0 Å². The number of carbonyl (C=O) groups excluding carboxylic acids is 1. The highest BCUT2D eigenvalue weighted by atomic mass is 32.2. The van der Waals surface area contributed by atoms with Crippen LogP contribution in [0.3, 0.4) is 0 Å². The second-order valence-electron chi connectivity index (χ2n) is 8.03. The Balaban J connectivity index is 1.42. The van der Waals surface area contributed by atoms with Gasteiger partial charge in [-0.2, -0.15) is 5.10 Å². The van der Waals surface area contributed by atoms with Crippen LogP contribution < -0.4 is 10.6 Å². The van der Waals surface area contributed by atoms with E-state index in [0.717, 1.165) is 30.5 Å². The van der Waals surface area contributed by atoms with Crippen LogP contribution in [0.15, 0.2) is 29.2 Å². The molecular formula is C20H26N4O4S. The number of benzene rings is 1. The Morgan fingerprint density at radius 1 is 1.31 bits per heavy atom. The van der Waals surface area contributed by atoms with Gasteiger partial charge in [0.2, 0.25) is 0 Å². The number of nitrogens with one attached hydrogen (secondary N) is 3. The number of rotatable bonds is 5. The van der Waals surface area contributed by atoms with Gasteiger partial charge in [0.1, 0.15) is 6.10 Å². The van der Waals surface area contributed by atoms with Gasteiger partial charge in [-0.25, -0.2) is 13.2 Å². The molecule has 2 heterocycles. The molecule has 1 aromatic heterocycles. The minimum absolute atomic E-state index is 0.0455. The molecule has 0 radical (unpaired) electrons. The van der Waals surface area contributed by atoms with E-state index in [9.17, 15) is 13.2 Å². The molecule has 4 rings (SSSR count). The second kappa shape index (κ2) is 7.70. The summed E-state index contributed by atoms with van der Waals surface area (Å²) in [6.45, 7) is 3.79. The van der Waals surface area contributed by atoms with Crippen molar-refractivity contribution in [1.82, 2.24) is 15.5 Å². The fourth-order valence-corrected chi connectivity index (χ4v) is 5.81. The SMILES string of the molecule is CC(C)NC(=O)OC1CC[C@H](c2cc(Nc3cccc4c3S(=O)(=O)CC4)n[nH]2)C1. The molecule has 156 valence electrons. The number of nitrogens with zero attached hydrogens (tertiary/aromatic N) is 1. The number of aromatic nitrogens is 2. The van der Waals surface area contributed by atoms with Crippen LogP contribution >= 0.6 is 0 Å². The van der Waals surface area contributed by atoms with E-state index in [-0.39, 0.29) is 29.9 Å². The van der Waals surface area contributed by atoms with Gasteiger partial charge in [0.05, 0.1) is 16.3 Å². The normalized spacial score (nSPS) is 22.4. The van der Waals surface area contributed by atoms with E-state index in [1.807, 2.05) is 32.0 Å². The molecule has 1 fully saturated rings. The summed E-state index contributed by atoms with van der Waals surface area (Å²) < 4.78 is 30.2. The van der Waals surface area contributed by atoms with Crippen molar-refractivity contribution in [2.45, 2.75) is 62.5 Å². The number of fused-ring (bicyclic) bond motifs is 1. The van der Waals surface area contributed by atoms with E-state index in [1.165, 1.54) is 0 Å². The summed E-state index contributed by atoms with van der Waals surface area (Å²) in [6, 6.07) is 7.43. The molecule has 9 heteroatoms. The Bertz CT molecular complexity index is 1020. The van der Waals surface area contributed by atoms with Gasteiger partial charge in [-0.15, -0.1) is 0 Å². The Morgan fingerprint density at radius 3 is 2.93 bits per heavy atom. The zero-order valence-electron chi connectivity index (χ0n) is 16.6. The topological polar surface area (TPSA) is 113 Å². The maximum atomic E-state index is 12.4. The number of H-pyrrole nitrogens is 1. The molecule has 1 amide bonds. The molecule has 1 aliphatic carbocycles. The van der Waals surface area contributed by atoms with Gasteiger partial charge in [-0.3, -0.25) is 5.10 Å². The van der Waals surface area contributed by atoms with Crippen molar-refractivity contribution in [3.63, 3.8) is 0 Å². The van der Waals surface area contributed by atoms with Crippen molar-refractivity contribution in [3.05, 3.63) is 35.5 Å². The average Bonchev–Trinajstić information content (AvgIpc) is 3.34. The van der Waals surface area contributed by atoms with Crippen molar-refractivity contribution in [1.29, 1.82) is 0 Å². The van der Waals surface area contributed by atoms with E-state index in [0.29, 0.717) is 22.8 Å². The summed E-state index contributed by atoms with van der Waals surface area (Å²) >= 11 is 0. The van der Waals surface area contributed by atoms with Gasteiger partial charge in [-0.05, 0) is 51.2 Å². The number of alkyl carbamates (subject to hydrolysis) is 1. The van der Waals surface area contributed by atoms with Gasteiger partial charge in [-0.1, -0.05) is 12.1 Å². The third-order valence-electron chi connectivity index (χ3n) is 5.41. The number of aromatic amines is 1. The van der Waals surface area contributed by atoms with Crippen LogP contribution in [0.5, 0.6) is 0 Å². The lowest BCUT2D eigenvalue weighted by molar-refractivity contribution is 0.0981. The third kappa shape index (κ3) is 4.24. The van der Waals surface area contributed by atoms with Crippen LogP contribution in [0.4, 0.5) is 16.3 Å². The highest BCUT2D eigenvalue weighted by molar-refractivity contribution is 7.91. The fraction of sp³-hybridized carbons (Fsp3) is 0.500. The summed E-state index contributed by atoms with van der Waals surface area (Å²) in [5, 5.41) is 13.2. The molecule has 0 saturated heterocycles. The lowest BCUT2D eigenvalue weighted by Gasteiger charge is -2.14. The monoisotopic (exact) mass is 418 g/mol. The molecule has 0 bridgehead atoms. The molecule has 0 spiro atoms. The number of hydrogen-bond acceptors (Lipinski definition) is 6. The van der Waals surface area contributed by atoms with Crippen molar-refractivity contribution >= 4 is 27.4 Å². The average molecular weight is 419 g/mol. The summed E-state index contributed by atoms with van der Waals surface area (Å²) in [6.07, 6.45) is 2.51. The highest BCUT2D eigenvalue weighted by Crippen LogP contribution is 2.37. The van der Waals surface area contributed by atoms with Crippen LogP contribution in [0, 0.1) is 0 Å². The molecule has 1 saturated carbocycles. The summed E-state index contributed by atoms with van der Waals surface area (Å²) in [4.78, 5) is 12.2. The first-order valence-electron chi connectivity index (χ1n) is 9.96. The number of ether oxygens (including phenoxy) is 1. The zero-order valence-corrected chi connectivity index (χ0v) is 17.4. The molecule has 2 atom stereocenters. The number of aryl methyl sites for hydroxylation is 1. The Kier molecular flexibility index (Phi) is 5.24. The fourth-order valence-electron chi connectivity index (χ4n) is 4.09. The predicted molar refractivity (Wildman–Crippen MR) is 109 cm³/mol. The van der Waals surface area contributed by atoms with Crippen LogP contribution in [-0.2, 0) is 21.0 Å². The molecule has 8 nitrogen and oxygen atoms in total. The number of carbonyl (C=O) groups is 1. The molecule has 3 N–H and O–H groups in total. The van der Waals surface area contributed by atoms with Crippen LogP contribution in [-0.4, -0.2) is 42.6 Å². The van der Waals surface area contributed by atoms with Crippen LogP contribution in [0.25, 0.3) is 0 Å². The van der Waals surface area contributed by atoms with Gasteiger partial charge in [0.15, 0.2) is 15.7 Å². The van der Waals surface area contributed by atoms with Crippen molar-refractivity contribution in [2.75, 3.05) is 11.1 Å². The van der Waals surface area contributed by atoms with E-state index < -0.39 is 9.84 Å². The van der Waals surface area contributed by atoms with Crippen molar-refractivity contribution in [2.24, 2.45) is 0 Å². The third-order valence-corrected chi connectivity index (χ3v) is 7.26. The van der Waals surface area contributed by atoms with Gasteiger partial charge in [0.25, 0.3) is 0 Å². The van der Waals surface area contributed by atoms with E-state index in [2.05, 4.69) is 20.8 Å². The minimum atomic E-state index is -3.25. The molecule has 1 aromatic carbocycles. The highest BCUT2D eigenvalue weighted by Gasteiger charge is 2.31. The second-order valence-corrected chi connectivity index (χ2v) is 10.1. The van der Waals surface area contributed by atoms with Crippen molar-refractivity contribution < 1.29 is 17.9 Å². The molecule has 1 aliphatic heterocycles. The summed E-state index contributed by atoms with van der Waals surface area (Å²) in [5.41, 5.74) is 2.37. The molecule has 29 heavy (non-hydrogen) atoms. The molecule has 2 aliphatic rings. The molecule has 1 unspecified atom stereocenters.